The number of hydrogen-bond donors (Lipinski definition) is 1. The Balaban J connectivity index is 1.89. The largest absolute Gasteiger partial charge is 0.497 e. The fourth-order valence-corrected chi connectivity index (χ4v) is 2.96. The van der Waals surface area contributed by atoms with E-state index in [0.717, 1.165) is 17.9 Å². The Kier molecular flexibility index (Phi) is 4.66. The van der Waals surface area contributed by atoms with Crippen molar-refractivity contribution in [3.8, 4) is 5.75 Å². The number of amides is 1. The molecule has 126 valence electrons. The first-order valence-corrected chi connectivity index (χ1v) is 7.92. The molecule has 6 nitrogen and oxygen atoms in total. The predicted molar refractivity (Wildman–Crippen MR) is 91.3 cm³/mol. The van der Waals surface area contributed by atoms with Crippen LogP contribution in [0.4, 0.5) is 0 Å². The minimum atomic E-state index is -0.126. The van der Waals surface area contributed by atoms with Gasteiger partial charge in [0.1, 0.15) is 5.75 Å². The average Bonchev–Trinajstić information content (AvgIpc) is 2.63. The summed E-state index contributed by atoms with van der Waals surface area (Å²) in [7, 11) is 3.28. The number of benzene rings is 1. The third-order valence-electron chi connectivity index (χ3n) is 4.34. The van der Waals surface area contributed by atoms with E-state index in [9.17, 15) is 9.59 Å². The van der Waals surface area contributed by atoms with Gasteiger partial charge in [0.2, 0.25) is 5.56 Å². The molecule has 1 unspecified atom stereocenters. The van der Waals surface area contributed by atoms with Gasteiger partial charge in [-0.15, -0.1) is 0 Å². The molecule has 2 aromatic rings. The summed E-state index contributed by atoms with van der Waals surface area (Å²) in [5.74, 6) is 0.728. The lowest BCUT2D eigenvalue weighted by Gasteiger charge is -2.36. The Labute approximate surface area is 140 Å². The summed E-state index contributed by atoms with van der Waals surface area (Å²) >= 11 is 0. The topological polar surface area (TPSA) is 63.6 Å². The highest BCUT2D eigenvalue weighted by molar-refractivity contribution is 5.94. The van der Waals surface area contributed by atoms with E-state index in [1.165, 1.54) is 10.6 Å². The summed E-state index contributed by atoms with van der Waals surface area (Å²) in [4.78, 5) is 26.3. The van der Waals surface area contributed by atoms with Crippen LogP contribution in [-0.2, 0) is 7.05 Å². The number of carbonyl (C=O) groups is 1. The number of piperazine rings is 1. The molecule has 0 aliphatic carbocycles. The highest BCUT2D eigenvalue weighted by atomic mass is 16.5. The summed E-state index contributed by atoms with van der Waals surface area (Å²) < 4.78 is 6.62. The molecule has 1 amide bonds. The highest BCUT2D eigenvalue weighted by Gasteiger charge is 2.28. The molecule has 1 N–H and O–H groups in total. The molecule has 1 aromatic heterocycles. The first-order valence-electron chi connectivity index (χ1n) is 7.92. The van der Waals surface area contributed by atoms with Crippen LogP contribution < -0.4 is 15.6 Å². The number of aryl methyl sites for hydroxylation is 1. The van der Waals surface area contributed by atoms with Crippen LogP contribution in [0, 0.1) is 0 Å². The number of carbonyl (C=O) groups excluding carboxylic acids is 1. The van der Waals surface area contributed by atoms with E-state index in [2.05, 4.69) is 5.32 Å². The summed E-state index contributed by atoms with van der Waals surface area (Å²) in [5, 5.41) is 3.34. The van der Waals surface area contributed by atoms with Gasteiger partial charge in [-0.1, -0.05) is 12.1 Å². The summed E-state index contributed by atoms with van der Waals surface area (Å²) in [6.07, 6.45) is 1.60. The van der Waals surface area contributed by atoms with Crippen LogP contribution in [-0.4, -0.2) is 42.1 Å². The highest BCUT2D eigenvalue weighted by Crippen LogP contribution is 2.25. The predicted octanol–water partition coefficient (Wildman–Crippen LogP) is 1.18. The standard InChI is InChI=1S/C18H21N3O3/c1-20-12-14(5-8-17(20)22)18(23)21-10-9-19-11-16(21)13-3-6-15(24-2)7-4-13/h3-8,12,16,19H,9-11H2,1-2H3. The monoisotopic (exact) mass is 327 g/mol. The third-order valence-corrected chi connectivity index (χ3v) is 4.34. The van der Waals surface area contributed by atoms with Gasteiger partial charge in [-0.05, 0) is 23.8 Å². The van der Waals surface area contributed by atoms with Crippen molar-refractivity contribution in [1.29, 1.82) is 0 Å². The van der Waals surface area contributed by atoms with E-state index in [-0.39, 0.29) is 17.5 Å². The average molecular weight is 327 g/mol. The van der Waals surface area contributed by atoms with Gasteiger partial charge >= 0.3 is 0 Å². The van der Waals surface area contributed by atoms with E-state index in [0.29, 0.717) is 18.7 Å². The van der Waals surface area contributed by atoms with Crippen molar-refractivity contribution < 1.29 is 9.53 Å². The van der Waals surface area contributed by atoms with Crippen molar-refractivity contribution in [1.82, 2.24) is 14.8 Å². The summed E-state index contributed by atoms with van der Waals surface area (Å²) in [6, 6.07) is 10.7. The van der Waals surface area contributed by atoms with Gasteiger partial charge in [0.25, 0.3) is 5.91 Å². The second kappa shape index (κ2) is 6.88. The molecule has 1 atom stereocenters. The van der Waals surface area contributed by atoms with Crippen molar-refractivity contribution in [3.05, 3.63) is 64.1 Å². The number of hydrogen-bond acceptors (Lipinski definition) is 4. The summed E-state index contributed by atoms with van der Waals surface area (Å²) in [5.41, 5.74) is 1.46. The van der Waals surface area contributed by atoms with Gasteiger partial charge in [0.15, 0.2) is 0 Å². The second-order valence-corrected chi connectivity index (χ2v) is 5.86. The smallest absolute Gasteiger partial charge is 0.255 e. The van der Waals surface area contributed by atoms with Crippen LogP contribution >= 0.6 is 0 Å². The molecule has 1 aliphatic rings. The van der Waals surface area contributed by atoms with Gasteiger partial charge in [-0.25, -0.2) is 0 Å². The van der Waals surface area contributed by atoms with Crippen LogP contribution in [0.15, 0.2) is 47.4 Å². The van der Waals surface area contributed by atoms with Gasteiger partial charge < -0.3 is 19.5 Å². The maximum absolute atomic E-state index is 12.9. The van der Waals surface area contributed by atoms with E-state index in [1.54, 1.807) is 26.4 Å². The molecular formula is C18H21N3O3. The molecule has 24 heavy (non-hydrogen) atoms. The van der Waals surface area contributed by atoms with Crippen LogP contribution in [0.3, 0.4) is 0 Å². The molecule has 0 spiro atoms. The zero-order valence-electron chi connectivity index (χ0n) is 13.9. The molecule has 0 radical (unpaired) electrons. The molecule has 3 rings (SSSR count). The lowest BCUT2D eigenvalue weighted by atomic mass is 10.0. The molecule has 1 saturated heterocycles. The third kappa shape index (κ3) is 3.19. The van der Waals surface area contributed by atoms with Crippen molar-refractivity contribution in [2.24, 2.45) is 7.05 Å². The van der Waals surface area contributed by atoms with Gasteiger partial charge in [-0.2, -0.15) is 0 Å². The molecule has 2 heterocycles. The van der Waals surface area contributed by atoms with Crippen LogP contribution in [0.2, 0.25) is 0 Å². The van der Waals surface area contributed by atoms with Crippen molar-refractivity contribution in [2.45, 2.75) is 6.04 Å². The normalized spacial score (nSPS) is 17.6. The molecular weight excluding hydrogens is 306 g/mol. The van der Waals surface area contributed by atoms with Gasteiger partial charge in [0, 0.05) is 38.9 Å². The zero-order valence-corrected chi connectivity index (χ0v) is 13.9. The lowest BCUT2D eigenvalue weighted by Crippen LogP contribution is -2.48. The Morgan fingerprint density at radius 2 is 1.96 bits per heavy atom. The number of aromatic nitrogens is 1. The van der Waals surface area contributed by atoms with E-state index >= 15 is 0 Å². The summed E-state index contributed by atoms with van der Waals surface area (Å²) in [6.45, 7) is 2.08. The number of methoxy groups -OCH3 is 1. The molecule has 0 saturated carbocycles. The Bertz CT molecular complexity index is 783. The first-order chi connectivity index (χ1) is 11.6. The molecule has 1 fully saturated rings. The first kappa shape index (κ1) is 16.3. The Morgan fingerprint density at radius 3 is 2.62 bits per heavy atom. The number of nitrogens with zero attached hydrogens (tertiary/aromatic N) is 2. The quantitative estimate of drug-likeness (QED) is 0.919. The zero-order chi connectivity index (χ0) is 17.1. The van der Waals surface area contributed by atoms with Gasteiger partial charge in [-0.3, -0.25) is 9.59 Å². The molecule has 1 aliphatic heterocycles. The maximum atomic E-state index is 12.9. The van der Waals surface area contributed by atoms with E-state index in [4.69, 9.17) is 4.74 Å². The van der Waals surface area contributed by atoms with Gasteiger partial charge in [0.05, 0.1) is 18.7 Å². The Hall–Kier alpha value is -2.60. The van der Waals surface area contributed by atoms with Crippen molar-refractivity contribution in [2.75, 3.05) is 26.7 Å². The van der Waals surface area contributed by atoms with Crippen molar-refractivity contribution in [3.63, 3.8) is 0 Å². The van der Waals surface area contributed by atoms with E-state index < -0.39 is 0 Å². The van der Waals surface area contributed by atoms with Crippen LogP contribution in [0.25, 0.3) is 0 Å². The van der Waals surface area contributed by atoms with Crippen molar-refractivity contribution >= 4 is 5.91 Å². The molecule has 1 aromatic carbocycles. The minimum absolute atomic E-state index is 0.0469. The van der Waals surface area contributed by atoms with Crippen LogP contribution in [0.5, 0.6) is 5.75 Å². The fraction of sp³-hybridized carbons (Fsp3) is 0.333. The number of rotatable bonds is 3. The second-order valence-electron chi connectivity index (χ2n) is 5.86. The number of nitrogens with one attached hydrogen (secondary N) is 1. The molecule has 6 heteroatoms. The number of ether oxygens (including phenoxy) is 1. The SMILES string of the molecule is COc1ccc(C2CNCCN2C(=O)c2ccc(=O)n(C)c2)cc1. The molecule has 0 bridgehead atoms. The Morgan fingerprint density at radius 1 is 1.21 bits per heavy atom. The van der Waals surface area contributed by atoms with Crippen LogP contribution in [0.1, 0.15) is 22.0 Å². The fourth-order valence-electron chi connectivity index (χ4n) is 2.96. The maximum Gasteiger partial charge on any atom is 0.255 e. The lowest BCUT2D eigenvalue weighted by molar-refractivity contribution is 0.0633. The number of pyridine rings is 1. The minimum Gasteiger partial charge on any atom is -0.497 e. The van der Waals surface area contributed by atoms with E-state index in [1.807, 2.05) is 29.2 Å².